The Hall–Kier alpha value is -0.870. The fraction of sp³-hybridized carbons (Fsp3) is 0.700. The normalized spacial score (nSPS) is 23.1. The van der Waals surface area contributed by atoms with Gasteiger partial charge in [-0.25, -0.2) is 0 Å². The third kappa shape index (κ3) is 1.67. The second-order valence-electron chi connectivity index (χ2n) is 3.86. The molecule has 0 saturated carbocycles. The van der Waals surface area contributed by atoms with Gasteiger partial charge in [0.2, 0.25) is 0 Å². The van der Waals surface area contributed by atoms with E-state index in [0.29, 0.717) is 6.04 Å². The second kappa shape index (κ2) is 4.11. The zero-order chi connectivity index (χ0) is 9.97. The molecule has 1 aromatic rings. The minimum Gasteiger partial charge on any atom is -0.329 e. The van der Waals surface area contributed by atoms with Gasteiger partial charge in [0.15, 0.2) is 0 Å². The van der Waals surface area contributed by atoms with Crippen molar-refractivity contribution in [1.82, 2.24) is 14.7 Å². The third-order valence-electron chi connectivity index (χ3n) is 2.98. The Kier molecular flexibility index (Phi) is 2.84. The van der Waals surface area contributed by atoms with Gasteiger partial charge in [0.05, 0.1) is 11.7 Å². The average molecular weight is 194 g/mol. The van der Waals surface area contributed by atoms with Gasteiger partial charge in [-0.05, 0) is 25.5 Å². The van der Waals surface area contributed by atoms with E-state index < -0.39 is 0 Å². The Bertz CT molecular complexity index is 294. The summed E-state index contributed by atoms with van der Waals surface area (Å²) in [6.07, 6.45) is 4.38. The lowest BCUT2D eigenvalue weighted by Gasteiger charge is -2.23. The van der Waals surface area contributed by atoms with Crippen molar-refractivity contribution < 1.29 is 0 Å². The number of aryl methyl sites for hydroxylation is 1. The molecule has 4 nitrogen and oxygen atoms in total. The molecule has 1 aliphatic heterocycles. The van der Waals surface area contributed by atoms with E-state index in [1.807, 2.05) is 17.9 Å². The van der Waals surface area contributed by atoms with Crippen LogP contribution in [0.3, 0.4) is 0 Å². The predicted molar refractivity (Wildman–Crippen MR) is 55.8 cm³/mol. The molecule has 1 aliphatic rings. The van der Waals surface area contributed by atoms with E-state index in [1.165, 1.54) is 25.1 Å². The lowest BCUT2D eigenvalue weighted by Crippen LogP contribution is -2.30. The van der Waals surface area contributed by atoms with E-state index in [2.05, 4.69) is 16.1 Å². The molecule has 2 rings (SSSR count). The van der Waals surface area contributed by atoms with E-state index in [-0.39, 0.29) is 0 Å². The van der Waals surface area contributed by atoms with Crippen molar-refractivity contribution in [1.29, 1.82) is 0 Å². The van der Waals surface area contributed by atoms with Gasteiger partial charge in [-0.1, -0.05) is 0 Å². The minimum atomic E-state index is 0.533. The molecule has 1 fully saturated rings. The monoisotopic (exact) mass is 194 g/mol. The van der Waals surface area contributed by atoms with Gasteiger partial charge in [0.25, 0.3) is 0 Å². The molecule has 1 aromatic heterocycles. The smallest absolute Gasteiger partial charge is 0.0552 e. The first-order valence-electron chi connectivity index (χ1n) is 5.25. The van der Waals surface area contributed by atoms with Crippen LogP contribution in [0.5, 0.6) is 0 Å². The quantitative estimate of drug-likeness (QED) is 0.763. The first-order chi connectivity index (χ1) is 6.83. The van der Waals surface area contributed by atoms with Gasteiger partial charge in [-0.2, -0.15) is 5.10 Å². The number of nitrogens with zero attached hydrogens (tertiary/aromatic N) is 3. The largest absolute Gasteiger partial charge is 0.329 e. The highest BCUT2D eigenvalue weighted by Crippen LogP contribution is 2.30. The number of rotatable bonds is 3. The maximum Gasteiger partial charge on any atom is 0.0552 e. The second-order valence-corrected chi connectivity index (χ2v) is 3.86. The summed E-state index contributed by atoms with van der Waals surface area (Å²) in [7, 11) is 2.01. The number of aromatic nitrogens is 2. The van der Waals surface area contributed by atoms with Crippen LogP contribution in [0.15, 0.2) is 12.3 Å². The number of hydrogen-bond donors (Lipinski definition) is 1. The Morgan fingerprint density at radius 1 is 1.64 bits per heavy atom. The number of hydrogen-bond acceptors (Lipinski definition) is 3. The van der Waals surface area contributed by atoms with Crippen LogP contribution in [0.2, 0.25) is 0 Å². The van der Waals surface area contributed by atoms with E-state index in [1.54, 1.807) is 0 Å². The van der Waals surface area contributed by atoms with Crippen LogP contribution >= 0.6 is 0 Å². The van der Waals surface area contributed by atoms with Crippen LogP contribution in [0.4, 0.5) is 0 Å². The van der Waals surface area contributed by atoms with Gasteiger partial charge in [-0.3, -0.25) is 9.58 Å². The summed E-state index contributed by atoms with van der Waals surface area (Å²) in [6, 6.07) is 2.64. The van der Waals surface area contributed by atoms with Gasteiger partial charge in [0.1, 0.15) is 0 Å². The standard InChI is InChI=1S/C10H18N4/c1-13-9(4-6-12-13)10-3-2-7-14(10)8-5-11/h4,6,10H,2-3,5,7-8,11H2,1H3/t10-/m0/s1. The van der Waals surface area contributed by atoms with Crippen LogP contribution in [-0.2, 0) is 7.05 Å². The molecule has 4 heteroatoms. The fourth-order valence-electron chi connectivity index (χ4n) is 2.31. The number of nitrogens with two attached hydrogens (primary N) is 1. The molecule has 0 radical (unpaired) electrons. The van der Waals surface area contributed by atoms with E-state index in [0.717, 1.165) is 13.1 Å². The average Bonchev–Trinajstić information content (AvgIpc) is 2.74. The zero-order valence-electron chi connectivity index (χ0n) is 8.69. The van der Waals surface area contributed by atoms with Crippen molar-refractivity contribution in [2.75, 3.05) is 19.6 Å². The summed E-state index contributed by atoms with van der Waals surface area (Å²) in [5.41, 5.74) is 6.91. The molecule has 1 saturated heterocycles. The summed E-state index contributed by atoms with van der Waals surface area (Å²) in [6.45, 7) is 2.91. The SMILES string of the molecule is Cn1nccc1[C@@H]1CCCN1CCN. The predicted octanol–water partition coefficient (Wildman–Crippen LogP) is 0.516. The lowest BCUT2D eigenvalue weighted by atomic mass is 10.1. The molecular formula is C10H18N4. The number of likely N-dealkylation sites (tertiary alicyclic amines) is 1. The summed E-state index contributed by atoms with van der Waals surface area (Å²) >= 11 is 0. The minimum absolute atomic E-state index is 0.533. The van der Waals surface area contributed by atoms with Crippen LogP contribution in [0.25, 0.3) is 0 Å². The lowest BCUT2D eigenvalue weighted by molar-refractivity contribution is 0.255. The first kappa shape index (κ1) is 9.68. The van der Waals surface area contributed by atoms with E-state index >= 15 is 0 Å². The first-order valence-corrected chi connectivity index (χ1v) is 5.25. The topological polar surface area (TPSA) is 47.1 Å². The van der Waals surface area contributed by atoms with Crippen molar-refractivity contribution in [3.63, 3.8) is 0 Å². The van der Waals surface area contributed by atoms with Gasteiger partial charge in [-0.15, -0.1) is 0 Å². The molecule has 2 heterocycles. The van der Waals surface area contributed by atoms with Gasteiger partial charge < -0.3 is 5.73 Å². The highest BCUT2D eigenvalue weighted by Gasteiger charge is 2.26. The maximum absolute atomic E-state index is 5.60. The summed E-state index contributed by atoms with van der Waals surface area (Å²) in [5.74, 6) is 0. The van der Waals surface area contributed by atoms with Crippen molar-refractivity contribution >= 4 is 0 Å². The Balaban J connectivity index is 2.13. The molecule has 14 heavy (non-hydrogen) atoms. The fourth-order valence-corrected chi connectivity index (χ4v) is 2.31. The van der Waals surface area contributed by atoms with Crippen molar-refractivity contribution in [2.24, 2.45) is 12.8 Å². The van der Waals surface area contributed by atoms with Crippen LogP contribution < -0.4 is 5.73 Å². The van der Waals surface area contributed by atoms with Crippen LogP contribution in [0.1, 0.15) is 24.6 Å². The highest BCUT2D eigenvalue weighted by molar-refractivity contribution is 5.08. The summed E-state index contributed by atoms with van der Waals surface area (Å²) in [4.78, 5) is 2.46. The Morgan fingerprint density at radius 3 is 3.14 bits per heavy atom. The molecular weight excluding hydrogens is 176 g/mol. The Labute approximate surface area is 84.7 Å². The summed E-state index contributed by atoms with van der Waals surface area (Å²) in [5, 5.41) is 4.21. The molecule has 0 spiro atoms. The van der Waals surface area contributed by atoms with E-state index in [4.69, 9.17) is 5.73 Å². The van der Waals surface area contributed by atoms with Crippen LogP contribution in [-0.4, -0.2) is 34.3 Å². The maximum atomic E-state index is 5.60. The molecule has 1 atom stereocenters. The summed E-state index contributed by atoms with van der Waals surface area (Å²) < 4.78 is 1.97. The Morgan fingerprint density at radius 2 is 2.50 bits per heavy atom. The highest BCUT2D eigenvalue weighted by atomic mass is 15.3. The molecule has 0 amide bonds. The van der Waals surface area contributed by atoms with Crippen molar-refractivity contribution in [3.05, 3.63) is 18.0 Å². The van der Waals surface area contributed by atoms with E-state index in [9.17, 15) is 0 Å². The third-order valence-corrected chi connectivity index (χ3v) is 2.98. The van der Waals surface area contributed by atoms with Gasteiger partial charge >= 0.3 is 0 Å². The molecule has 2 N–H and O–H groups in total. The molecule has 78 valence electrons. The molecule has 0 unspecified atom stereocenters. The van der Waals surface area contributed by atoms with Crippen molar-refractivity contribution in [3.8, 4) is 0 Å². The molecule has 0 aliphatic carbocycles. The van der Waals surface area contributed by atoms with Gasteiger partial charge in [0, 0.05) is 26.3 Å². The van der Waals surface area contributed by atoms with Crippen LogP contribution in [0, 0.1) is 0 Å². The molecule has 0 aromatic carbocycles. The zero-order valence-corrected chi connectivity index (χ0v) is 8.69. The van der Waals surface area contributed by atoms with Crippen molar-refractivity contribution in [2.45, 2.75) is 18.9 Å². The molecule has 0 bridgehead atoms.